The fourth-order valence-electron chi connectivity index (χ4n) is 5.45. The molecule has 0 saturated carbocycles. The second-order valence-electron chi connectivity index (χ2n) is 11.6. The van der Waals surface area contributed by atoms with Gasteiger partial charge in [-0.15, -0.1) is 24.4 Å². The normalized spacial score (nSPS) is 15.9. The maximum atomic E-state index is 15.3. The molecule has 48 heavy (non-hydrogen) atoms. The van der Waals surface area contributed by atoms with Crippen molar-refractivity contribution in [3.63, 3.8) is 0 Å². The molecule has 1 aliphatic rings. The van der Waals surface area contributed by atoms with Crippen LogP contribution in [0.5, 0.6) is 0 Å². The van der Waals surface area contributed by atoms with E-state index in [2.05, 4.69) is 12.6 Å². The van der Waals surface area contributed by atoms with Crippen molar-refractivity contribution in [2.45, 2.75) is 53.8 Å². The van der Waals surface area contributed by atoms with E-state index in [-0.39, 0.29) is 30.0 Å². The van der Waals surface area contributed by atoms with E-state index in [9.17, 15) is 41.5 Å². The van der Waals surface area contributed by atoms with Gasteiger partial charge < -0.3 is 29.6 Å². The summed E-state index contributed by atoms with van der Waals surface area (Å²) in [6.45, 7) is 2.56. The van der Waals surface area contributed by atoms with E-state index in [1.54, 1.807) is 72.5 Å². The number of carbonyl (C=O) groups excluding carboxylic acids is 2. The monoisotopic (exact) mass is 736 g/mol. The molecular formula is C32H36N2O10S4-2. The molecule has 1 heterocycles. The van der Waals surface area contributed by atoms with Crippen LogP contribution in [-0.2, 0) is 34.5 Å². The van der Waals surface area contributed by atoms with Gasteiger partial charge in [0.2, 0.25) is 0 Å². The van der Waals surface area contributed by atoms with Gasteiger partial charge in [-0.25, -0.2) is 21.1 Å². The van der Waals surface area contributed by atoms with Gasteiger partial charge in [-0.1, -0.05) is 54.1 Å². The smallest absolute Gasteiger partial charge is 0.266 e. The summed E-state index contributed by atoms with van der Waals surface area (Å²) in [6, 6.07) is 19.0. The van der Waals surface area contributed by atoms with E-state index in [1.165, 1.54) is 19.1 Å². The number of aliphatic hydroxyl groups is 2. The first-order valence-electron chi connectivity index (χ1n) is 14.9. The predicted molar refractivity (Wildman–Crippen MR) is 182 cm³/mol. The molecule has 16 heteroatoms. The Morgan fingerprint density at radius 3 is 2.02 bits per heavy atom. The number of amides is 1. The number of hydrogen-bond acceptors (Lipinski definition) is 13. The molecule has 0 bridgehead atoms. The fraction of sp³-hybridized carbons (Fsp3) is 0.375. The summed E-state index contributed by atoms with van der Waals surface area (Å²) in [5, 5.41) is 32.7. The Hall–Kier alpha value is -3.12. The van der Waals surface area contributed by atoms with Crippen LogP contribution in [0.2, 0.25) is 0 Å². The Morgan fingerprint density at radius 1 is 0.979 bits per heavy atom. The van der Waals surface area contributed by atoms with E-state index in [0.29, 0.717) is 26.8 Å². The number of rotatable bonds is 15. The highest BCUT2D eigenvalue weighted by Gasteiger charge is 2.54. The summed E-state index contributed by atoms with van der Waals surface area (Å²) < 4.78 is 61.7. The molecule has 0 aromatic heterocycles. The molecule has 1 amide bonds. The summed E-state index contributed by atoms with van der Waals surface area (Å²) in [4.78, 5) is 26.3. The van der Waals surface area contributed by atoms with Gasteiger partial charge in [0, 0.05) is 53.1 Å². The molecule has 0 fully saturated rings. The van der Waals surface area contributed by atoms with Gasteiger partial charge in [0.25, 0.3) is 15.9 Å². The lowest BCUT2D eigenvalue weighted by Crippen LogP contribution is -2.52. The molecular weight excluding hydrogens is 701 g/mol. The Balaban J connectivity index is 1.98. The number of nitrogens with zero attached hydrogens (tertiary/aromatic N) is 2. The van der Waals surface area contributed by atoms with Crippen molar-refractivity contribution in [3.8, 4) is 0 Å². The van der Waals surface area contributed by atoms with Gasteiger partial charge in [-0.2, -0.15) is 0 Å². The second-order valence-corrected chi connectivity index (χ2v) is 17.1. The van der Waals surface area contributed by atoms with Gasteiger partial charge in [-0.05, 0) is 57.4 Å². The lowest BCUT2D eigenvalue weighted by Gasteiger charge is -2.46. The number of anilines is 2. The number of carboxylic acid groups (broad SMARTS) is 1. The van der Waals surface area contributed by atoms with Gasteiger partial charge in [0.15, 0.2) is 0 Å². The number of fused-ring (bicyclic) bond motifs is 2. The highest BCUT2D eigenvalue weighted by Crippen LogP contribution is 2.56. The average Bonchev–Trinajstić information content (AvgIpc) is 3.01. The Labute approximate surface area is 290 Å². The Morgan fingerprint density at radius 2 is 1.52 bits per heavy atom. The van der Waals surface area contributed by atoms with E-state index in [1.807, 2.05) is 0 Å². The van der Waals surface area contributed by atoms with Crippen LogP contribution in [0.4, 0.5) is 11.4 Å². The zero-order chi connectivity index (χ0) is 35.5. The third kappa shape index (κ3) is 8.18. The number of aliphatic carboxylic acids is 1. The van der Waals surface area contributed by atoms with Crippen molar-refractivity contribution in [3.05, 3.63) is 89.5 Å². The average molecular weight is 737 g/mol. The summed E-state index contributed by atoms with van der Waals surface area (Å²) in [5.41, 5.74) is 2.17. The van der Waals surface area contributed by atoms with E-state index in [4.69, 9.17) is 0 Å². The molecule has 2 N–H and O–H groups in total. The zero-order valence-electron chi connectivity index (χ0n) is 26.2. The van der Waals surface area contributed by atoms with Crippen LogP contribution in [0.25, 0.3) is 0 Å². The number of hydrogen-bond donors (Lipinski definition) is 3. The van der Waals surface area contributed by atoms with Crippen LogP contribution in [0, 0.1) is 6.92 Å². The quantitative estimate of drug-likeness (QED) is 0.117. The summed E-state index contributed by atoms with van der Waals surface area (Å²) in [6.07, 6.45) is -2.35. The van der Waals surface area contributed by atoms with E-state index >= 15 is 4.79 Å². The first kappa shape index (κ1) is 37.7. The van der Waals surface area contributed by atoms with Crippen LogP contribution in [-0.4, -0.2) is 83.4 Å². The maximum absolute atomic E-state index is 15.3. The Bertz CT molecular complexity index is 1810. The molecule has 0 unspecified atom stereocenters. The van der Waals surface area contributed by atoms with Crippen molar-refractivity contribution in [1.82, 2.24) is 4.31 Å². The largest absolute Gasteiger partial charge is 0.748 e. The molecule has 2 atom stereocenters. The number of thiol groups is 1. The number of carboxylic acids is 1. The SMILES string of the molecule is Cc1ccc(S(=O)(=O)N(CCCC(=O)[O-])C(=O)C2(SC[C@H](O)[C@@](C)(O)S)c3ccccc3N(CCCS(=O)(=O)[O-])c3ccccc32)cc1. The van der Waals surface area contributed by atoms with E-state index < -0.39 is 66.5 Å². The predicted octanol–water partition coefficient (Wildman–Crippen LogP) is 2.11. The number of para-hydroxylation sites is 2. The van der Waals surface area contributed by atoms with Gasteiger partial charge >= 0.3 is 0 Å². The summed E-state index contributed by atoms with van der Waals surface area (Å²) in [7, 11) is -9.14. The molecule has 12 nitrogen and oxygen atoms in total. The third-order valence-corrected chi connectivity index (χ3v) is 12.3. The molecule has 3 aromatic rings. The number of sulfonamides is 1. The standard InChI is InChI=1S/C32H38N2O10S4/c1-22-14-16-23(17-15-22)48(43,44)34(19-7-13-29(36)37)30(38)32(46-21-28(35)31(2,39)45)24-9-3-5-11-26(24)33(18-8-20-47(40,41)42)27-12-6-4-10-25(27)32/h3-6,9-12,14-17,28,35,39,45H,7-8,13,18-21H2,1-2H3,(H,36,37)(H,40,41,42)/p-2/t28-,31-/m0/s1. The molecule has 0 saturated heterocycles. The van der Waals surface area contributed by atoms with Gasteiger partial charge in [-0.3, -0.25) is 4.79 Å². The number of benzene rings is 3. The molecule has 3 aromatic carbocycles. The number of thioether (sulfide) groups is 1. The molecule has 0 spiro atoms. The zero-order valence-corrected chi connectivity index (χ0v) is 29.5. The number of aliphatic hydroxyl groups excluding tert-OH is 1. The Kier molecular flexibility index (Phi) is 11.6. The van der Waals surface area contributed by atoms with Crippen molar-refractivity contribution in [2.75, 3.05) is 29.5 Å². The molecule has 1 aliphatic heterocycles. The lowest BCUT2D eigenvalue weighted by molar-refractivity contribution is -0.305. The number of aryl methyl sites for hydroxylation is 1. The topological polar surface area (TPSA) is 195 Å². The van der Waals surface area contributed by atoms with Crippen LogP contribution in [0.3, 0.4) is 0 Å². The minimum Gasteiger partial charge on any atom is -0.748 e. The maximum Gasteiger partial charge on any atom is 0.266 e. The molecule has 4 rings (SSSR count). The van der Waals surface area contributed by atoms with Crippen molar-refractivity contribution >= 4 is 67.8 Å². The fourth-order valence-corrected chi connectivity index (χ4v) is 9.29. The second kappa shape index (κ2) is 14.8. The van der Waals surface area contributed by atoms with Gasteiger partial charge in [0.05, 0.1) is 15.0 Å². The highest BCUT2D eigenvalue weighted by atomic mass is 32.2. The molecule has 0 aliphatic carbocycles. The molecule has 260 valence electrons. The van der Waals surface area contributed by atoms with Crippen LogP contribution in [0.15, 0.2) is 77.7 Å². The van der Waals surface area contributed by atoms with Gasteiger partial charge in [0.1, 0.15) is 15.8 Å². The first-order valence-corrected chi connectivity index (χ1v) is 19.3. The molecule has 0 radical (unpaired) electrons. The van der Waals surface area contributed by atoms with Crippen LogP contribution in [0.1, 0.15) is 42.9 Å². The highest BCUT2D eigenvalue weighted by molar-refractivity contribution is 8.01. The summed E-state index contributed by atoms with van der Waals surface area (Å²) in [5.74, 6) is -3.34. The van der Waals surface area contributed by atoms with Crippen molar-refractivity contribution in [1.29, 1.82) is 0 Å². The minimum absolute atomic E-state index is 0.0510. The first-order chi connectivity index (χ1) is 22.4. The van der Waals surface area contributed by atoms with Crippen LogP contribution >= 0.6 is 24.4 Å². The lowest BCUT2D eigenvalue weighted by atomic mass is 9.83. The minimum atomic E-state index is -4.60. The van der Waals surface area contributed by atoms with Crippen molar-refractivity contribution < 1.29 is 46.3 Å². The number of carbonyl (C=O) groups is 2. The van der Waals surface area contributed by atoms with Crippen molar-refractivity contribution in [2.24, 2.45) is 0 Å². The summed E-state index contributed by atoms with van der Waals surface area (Å²) >= 11 is 4.95. The third-order valence-electron chi connectivity index (χ3n) is 7.89. The van der Waals surface area contributed by atoms with E-state index in [0.717, 1.165) is 17.3 Å². The van der Waals surface area contributed by atoms with Crippen LogP contribution < -0.4 is 10.0 Å².